The summed E-state index contributed by atoms with van der Waals surface area (Å²) in [6.07, 6.45) is 8.21. The van der Waals surface area contributed by atoms with E-state index in [1.807, 2.05) is 18.2 Å². The molecular formula is C20H22O4. The van der Waals surface area contributed by atoms with Crippen LogP contribution < -0.4 is 0 Å². The van der Waals surface area contributed by atoms with Crippen LogP contribution in [0.2, 0.25) is 0 Å². The van der Waals surface area contributed by atoms with E-state index >= 15 is 0 Å². The maximum atomic E-state index is 12.3. The highest BCUT2D eigenvalue weighted by Gasteiger charge is 2.56. The van der Waals surface area contributed by atoms with Crippen LogP contribution in [0.15, 0.2) is 48.6 Å². The largest absolute Gasteiger partial charge is 0.468 e. The number of fused-ring (bicyclic) bond motifs is 1. The summed E-state index contributed by atoms with van der Waals surface area (Å²) in [4.78, 5) is 24.7. The summed E-state index contributed by atoms with van der Waals surface area (Å²) in [5.41, 5.74) is 1.21. The lowest BCUT2D eigenvalue weighted by Crippen LogP contribution is -2.39. The van der Waals surface area contributed by atoms with E-state index in [1.165, 1.54) is 25.4 Å². The molecule has 24 heavy (non-hydrogen) atoms. The Morgan fingerprint density at radius 1 is 1.00 bits per heavy atom. The van der Waals surface area contributed by atoms with Crippen LogP contribution in [0.5, 0.6) is 0 Å². The fraction of sp³-hybridized carbons (Fsp3) is 0.400. The van der Waals surface area contributed by atoms with Crippen molar-refractivity contribution in [2.24, 2.45) is 17.3 Å². The third-order valence-electron chi connectivity index (χ3n) is 5.15. The Morgan fingerprint density at radius 2 is 1.62 bits per heavy atom. The van der Waals surface area contributed by atoms with E-state index < -0.39 is 17.4 Å². The number of carbonyl (C=O) groups is 2. The van der Waals surface area contributed by atoms with Crippen LogP contribution in [-0.2, 0) is 19.1 Å². The molecule has 1 aromatic carbocycles. The predicted octanol–water partition coefficient (Wildman–Crippen LogP) is 3.39. The maximum Gasteiger partial charge on any atom is 0.323 e. The molecule has 0 unspecified atom stereocenters. The molecule has 0 aliphatic heterocycles. The number of methoxy groups -OCH3 is 2. The van der Waals surface area contributed by atoms with Gasteiger partial charge in [-0.1, -0.05) is 48.6 Å². The molecule has 1 aromatic rings. The summed E-state index contributed by atoms with van der Waals surface area (Å²) in [6.45, 7) is 0. The van der Waals surface area contributed by atoms with Gasteiger partial charge in [0.1, 0.15) is 0 Å². The van der Waals surface area contributed by atoms with Gasteiger partial charge in [0.2, 0.25) is 0 Å². The van der Waals surface area contributed by atoms with Crippen LogP contribution in [-0.4, -0.2) is 26.2 Å². The number of hydrogen-bond donors (Lipinski definition) is 0. The zero-order valence-corrected chi connectivity index (χ0v) is 14.0. The highest BCUT2D eigenvalue weighted by molar-refractivity contribution is 6.00. The van der Waals surface area contributed by atoms with Gasteiger partial charge in [0.15, 0.2) is 5.41 Å². The van der Waals surface area contributed by atoms with Gasteiger partial charge < -0.3 is 9.47 Å². The molecular weight excluding hydrogens is 304 g/mol. The number of allylic oxidation sites excluding steroid dienone is 4. The Labute approximate surface area is 142 Å². The third-order valence-corrected chi connectivity index (χ3v) is 5.15. The van der Waals surface area contributed by atoms with E-state index in [4.69, 9.17) is 9.47 Å². The highest BCUT2D eigenvalue weighted by atomic mass is 16.5. The Bertz CT molecular complexity index is 671. The van der Waals surface area contributed by atoms with Crippen LogP contribution in [0.25, 0.3) is 5.57 Å². The summed E-state index contributed by atoms with van der Waals surface area (Å²) >= 11 is 0. The van der Waals surface area contributed by atoms with Gasteiger partial charge in [-0.15, -0.1) is 0 Å². The molecule has 3 rings (SSSR count). The second-order valence-electron chi connectivity index (χ2n) is 6.49. The number of benzene rings is 1. The molecule has 0 radical (unpaired) electrons. The predicted molar refractivity (Wildman–Crippen MR) is 90.9 cm³/mol. The Morgan fingerprint density at radius 3 is 2.25 bits per heavy atom. The van der Waals surface area contributed by atoms with Gasteiger partial charge in [-0.3, -0.25) is 9.59 Å². The quantitative estimate of drug-likeness (QED) is 0.485. The van der Waals surface area contributed by atoms with E-state index in [2.05, 4.69) is 30.4 Å². The van der Waals surface area contributed by atoms with Crippen LogP contribution in [0.1, 0.15) is 24.8 Å². The van der Waals surface area contributed by atoms with Crippen LogP contribution in [0.3, 0.4) is 0 Å². The van der Waals surface area contributed by atoms with Crippen LogP contribution >= 0.6 is 0 Å². The fourth-order valence-corrected chi connectivity index (χ4v) is 3.95. The normalized spacial score (nSPS) is 24.5. The molecule has 0 bridgehead atoms. The molecule has 0 aromatic heterocycles. The average molecular weight is 326 g/mol. The molecule has 0 N–H and O–H groups in total. The molecule has 126 valence electrons. The molecule has 0 amide bonds. The number of rotatable bonds is 3. The van der Waals surface area contributed by atoms with Crippen molar-refractivity contribution in [3.05, 3.63) is 54.1 Å². The monoisotopic (exact) mass is 326 g/mol. The smallest absolute Gasteiger partial charge is 0.323 e. The number of esters is 2. The Kier molecular flexibility index (Phi) is 4.56. The SMILES string of the molecule is COC(=O)C1(C(=O)OC)C[C@H]2C=CCC(c3ccccc3)=C[C@@H]2C1. The minimum Gasteiger partial charge on any atom is -0.468 e. The molecule has 0 saturated heterocycles. The summed E-state index contributed by atoms with van der Waals surface area (Å²) in [7, 11) is 2.64. The lowest BCUT2D eigenvalue weighted by Gasteiger charge is -2.23. The zero-order chi connectivity index (χ0) is 17.2. The molecule has 1 saturated carbocycles. The second-order valence-corrected chi connectivity index (χ2v) is 6.49. The zero-order valence-electron chi connectivity index (χ0n) is 14.0. The van der Waals surface area contributed by atoms with Gasteiger partial charge in [-0.05, 0) is 42.2 Å². The lowest BCUT2D eigenvalue weighted by molar-refractivity contribution is -0.168. The Balaban J connectivity index is 1.95. The van der Waals surface area contributed by atoms with E-state index in [0.717, 1.165) is 6.42 Å². The molecule has 0 spiro atoms. The first-order chi connectivity index (χ1) is 11.6. The van der Waals surface area contributed by atoms with Gasteiger partial charge in [0.05, 0.1) is 14.2 Å². The Hall–Kier alpha value is -2.36. The van der Waals surface area contributed by atoms with Gasteiger partial charge >= 0.3 is 11.9 Å². The molecule has 0 heterocycles. The summed E-state index contributed by atoms with van der Waals surface area (Å²) in [6, 6.07) is 10.2. The van der Waals surface area contributed by atoms with E-state index in [9.17, 15) is 9.59 Å². The molecule has 1 fully saturated rings. The van der Waals surface area contributed by atoms with Gasteiger partial charge in [-0.2, -0.15) is 0 Å². The third kappa shape index (κ3) is 2.77. The molecule has 2 aliphatic carbocycles. The first-order valence-electron chi connectivity index (χ1n) is 8.20. The molecule has 2 aliphatic rings. The van der Waals surface area contributed by atoms with Crippen molar-refractivity contribution < 1.29 is 19.1 Å². The average Bonchev–Trinajstić information content (AvgIpc) is 2.88. The molecule has 2 atom stereocenters. The number of ether oxygens (including phenoxy) is 2. The topological polar surface area (TPSA) is 52.6 Å². The standard InChI is InChI=1S/C20H22O4/c1-23-18(21)20(19(22)24-2)12-16-10-6-9-15(11-17(16)13-20)14-7-4-3-5-8-14/h3-8,10-11,16-17H,9,12-13H2,1-2H3/t16-,17-/m1/s1. The van der Waals surface area contributed by atoms with E-state index in [-0.39, 0.29) is 11.8 Å². The van der Waals surface area contributed by atoms with E-state index in [0.29, 0.717) is 12.8 Å². The van der Waals surface area contributed by atoms with Crippen molar-refractivity contribution in [1.82, 2.24) is 0 Å². The lowest BCUT2D eigenvalue weighted by atomic mass is 9.84. The minimum atomic E-state index is -1.20. The highest BCUT2D eigenvalue weighted by Crippen LogP contribution is 2.50. The van der Waals surface area contributed by atoms with Crippen molar-refractivity contribution in [2.45, 2.75) is 19.3 Å². The summed E-state index contributed by atoms with van der Waals surface area (Å²) in [5.74, 6) is -0.725. The summed E-state index contributed by atoms with van der Waals surface area (Å²) < 4.78 is 9.85. The minimum absolute atomic E-state index is 0.122. The maximum absolute atomic E-state index is 12.3. The first-order valence-corrected chi connectivity index (χ1v) is 8.20. The van der Waals surface area contributed by atoms with E-state index in [1.54, 1.807) is 0 Å². The van der Waals surface area contributed by atoms with Gasteiger partial charge in [0.25, 0.3) is 0 Å². The van der Waals surface area contributed by atoms with Crippen molar-refractivity contribution in [3.8, 4) is 0 Å². The molecule has 4 heteroatoms. The van der Waals surface area contributed by atoms with Crippen molar-refractivity contribution in [2.75, 3.05) is 14.2 Å². The first kappa shape index (κ1) is 16.5. The van der Waals surface area contributed by atoms with Gasteiger partial charge in [0, 0.05) is 0 Å². The van der Waals surface area contributed by atoms with Crippen molar-refractivity contribution in [1.29, 1.82) is 0 Å². The van der Waals surface area contributed by atoms with Crippen molar-refractivity contribution >= 4 is 17.5 Å². The fourth-order valence-electron chi connectivity index (χ4n) is 3.95. The van der Waals surface area contributed by atoms with Crippen LogP contribution in [0.4, 0.5) is 0 Å². The van der Waals surface area contributed by atoms with Gasteiger partial charge in [-0.25, -0.2) is 0 Å². The number of hydrogen-bond acceptors (Lipinski definition) is 4. The van der Waals surface area contributed by atoms with Crippen LogP contribution in [0, 0.1) is 17.3 Å². The number of carbonyl (C=O) groups excluding carboxylic acids is 2. The van der Waals surface area contributed by atoms with Crippen molar-refractivity contribution in [3.63, 3.8) is 0 Å². The molecule has 4 nitrogen and oxygen atoms in total. The summed E-state index contributed by atoms with van der Waals surface area (Å²) in [5, 5.41) is 0. The second kappa shape index (κ2) is 6.63.